The average molecular weight is 323 g/mol. The number of likely N-dealkylation sites (tertiary alicyclic amines) is 1. The zero-order valence-corrected chi connectivity index (χ0v) is 13.1. The van der Waals surface area contributed by atoms with Crippen molar-refractivity contribution in [2.45, 2.75) is 20.3 Å². The van der Waals surface area contributed by atoms with Crippen molar-refractivity contribution >= 4 is 17.5 Å². The van der Waals surface area contributed by atoms with Gasteiger partial charge in [0.15, 0.2) is 5.69 Å². The Hall–Kier alpha value is -1.95. The number of aromatic nitrogens is 3. The summed E-state index contributed by atoms with van der Waals surface area (Å²) in [6.45, 7) is 5.38. The zero-order chi connectivity index (χ0) is 15.9. The lowest BCUT2D eigenvalue weighted by molar-refractivity contribution is 0.0781. The number of carbonyl (C=O) groups is 1. The van der Waals surface area contributed by atoms with E-state index in [1.807, 2.05) is 0 Å². The van der Waals surface area contributed by atoms with Crippen LogP contribution in [0.15, 0.2) is 18.2 Å². The van der Waals surface area contributed by atoms with E-state index in [1.54, 1.807) is 17.9 Å². The first-order valence-electron chi connectivity index (χ1n) is 7.14. The molecule has 0 radical (unpaired) electrons. The van der Waals surface area contributed by atoms with Crippen LogP contribution in [0.4, 0.5) is 4.39 Å². The van der Waals surface area contributed by atoms with Crippen molar-refractivity contribution in [1.29, 1.82) is 0 Å². The third-order valence-electron chi connectivity index (χ3n) is 3.96. The summed E-state index contributed by atoms with van der Waals surface area (Å²) >= 11 is 5.79. The van der Waals surface area contributed by atoms with E-state index in [0.717, 1.165) is 19.5 Å². The molecule has 0 spiro atoms. The lowest BCUT2D eigenvalue weighted by Crippen LogP contribution is -2.29. The van der Waals surface area contributed by atoms with Gasteiger partial charge in [0.05, 0.1) is 16.4 Å². The van der Waals surface area contributed by atoms with Crippen molar-refractivity contribution in [1.82, 2.24) is 19.9 Å². The van der Waals surface area contributed by atoms with Crippen molar-refractivity contribution in [3.8, 4) is 5.69 Å². The first-order chi connectivity index (χ1) is 10.5. The third kappa shape index (κ3) is 2.59. The molecule has 1 unspecified atom stereocenters. The number of rotatable bonds is 2. The van der Waals surface area contributed by atoms with Gasteiger partial charge in [-0.15, -0.1) is 5.10 Å². The molecule has 1 aliphatic rings. The molecule has 1 amide bonds. The van der Waals surface area contributed by atoms with Gasteiger partial charge in [0.1, 0.15) is 5.82 Å². The van der Waals surface area contributed by atoms with Crippen LogP contribution in [0, 0.1) is 18.7 Å². The standard InChI is InChI=1S/C15H16ClFN4O/c1-9-5-6-20(8-9)15(22)14-10(2)21(19-18-14)11-3-4-13(17)12(16)7-11/h3-4,7,9H,5-6,8H2,1-2H3. The second-order valence-corrected chi connectivity index (χ2v) is 6.09. The first kappa shape index (κ1) is 15.0. The molecule has 22 heavy (non-hydrogen) atoms. The van der Waals surface area contributed by atoms with Crippen LogP contribution in [-0.4, -0.2) is 38.9 Å². The summed E-state index contributed by atoms with van der Waals surface area (Å²) in [5.74, 6) is -0.0953. The van der Waals surface area contributed by atoms with E-state index in [-0.39, 0.29) is 10.9 Å². The Morgan fingerprint density at radius 3 is 2.86 bits per heavy atom. The molecule has 0 saturated carbocycles. The minimum atomic E-state index is -0.495. The molecule has 1 aliphatic heterocycles. The van der Waals surface area contributed by atoms with Gasteiger partial charge in [0, 0.05) is 13.1 Å². The van der Waals surface area contributed by atoms with Crippen molar-refractivity contribution in [3.05, 3.63) is 40.4 Å². The number of carbonyl (C=O) groups excluding carboxylic acids is 1. The smallest absolute Gasteiger partial charge is 0.276 e. The molecule has 1 saturated heterocycles. The molecule has 0 N–H and O–H groups in total. The van der Waals surface area contributed by atoms with Crippen LogP contribution in [0.3, 0.4) is 0 Å². The van der Waals surface area contributed by atoms with Gasteiger partial charge in [-0.25, -0.2) is 9.07 Å². The predicted molar refractivity (Wildman–Crippen MR) is 80.7 cm³/mol. The predicted octanol–water partition coefficient (Wildman–Crippen LogP) is 2.85. The number of halogens is 2. The van der Waals surface area contributed by atoms with Crippen molar-refractivity contribution in [2.24, 2.45) is 5.92 Å². The van der Waals surface area contributed by atoms with Gasteiger partial charge in [-0.2, -0.15) is 0 Å². The molecule has 5 nitrogen and oxygen atoms in total. The highest BCUT2D eigenvalue weighted by Crippen LogP contribution is 2.22. The van der Waals surface area contributed by atoms with E-state index < -0.39 is 5.82 Å². The van der Waals surface area contributed by atoms with Gasteiger partial charge >= 0.3 is 0 Å². The van der Waals surface area contributed by atoms with E-state index >= 15 is 0 Å². The Labute approximate surface area is 132 Å². The molecule has 3 rings (SSSR count). The topological polar surface area (TPSA) is 51.0 Å². The Balaban J connectivity index is 1.91. The Morgan fingerprint density at radius 1 is 1.45 bits per heavy atom. The van der Waals surface area contributed by atoms with Crippen LogP contribution in [0.2, 0.25) is 5.02 Å². The number of amides is 1. The minimum Gasteiger partial charge on any atom is -0.337 e. The quantitative estimate of drug-likeness (QED) is 0.854. The van der Waals surface area contributed by atoms with E-state index in [9.17, 15) is 9.18 Å². The molecule has 1 aromatic carbocycles. The highest BCUT2D eigenvalue weighted by molar-refractivity contribution is 6.30. The number of hydrogen-bond acceptors (Lipinski definition) is 3. The molecule has 1 atom stereocenters. The number of benzene rings is 1. The van der Waals surface area contributed by atoms with Crippen LogP contribution in [0.25, 0.3) is 5.69 Å². The highest BCUT2D eigenvalue weighted by Gasteiger charge is 2.28. The largest absolute Gasteiger partial charge is 0.337 e. The van der Waals surface area contributed by atoms with E-state index in [4.69, 9.17) is 11.6 Å². The third-order valence-corrected chi connectivity index (χ3v) is 4.25. The maximum Gasteiger partial charge on any atom is 0.276 e. The molecule has 1 fully saturated rings. The van der Waals surface area contributed by atoms with Gasteiger partial charge in [0.25, 0.3) is 5.91 Å². The lowest BCUT2D eigenvalue weighted by atomic mass is 10.2. The maximum atomic E-state index is 13.3. The molecule has 2 aromatic rings. The fourth-order valence-corrected chi connectivity index (χ4v) is 2.83. The van der Waals surface area contributed by atoms with E-state index in [0.29, 0.717) is 23.0 Å². The summed E-state index contributed by atoms with van der Waals surface area (Å²) in [5.41, 5.74) is 1.52. The number of hydrogen-bond donors (Lipinski definition) is 0. The highest BCUT2D eigenvalue weighted by atomic mass is 35.5. The second kappa shape index (κ2) is 5.68. The zero-order valence-electron chi connectivity index (χ0n) is 12.4. The monoisotopic (exact) mass is 322 g/mol. The maximum absolute atomic E-state index is 13.3. The number of nitrogens with zero attached hydrogens (tertiary/aromatic N) is 4. The van der Waals surface area contributed by atoms with Crippen LogP contribution in [0.5, 0.6) is 0 Å². The van der Waals surface area contributed by atoms with E-state index in [1.165, 1.54) is 16.8 Å². The summed E-state index contributed by atoms with van der Waals surface area (Å²) in [7, 11) is 0. The SMILES string of the molecule is Cc1c(C(=O)N2CCC(C)C2)nnn1-c1ccc(F)c(Cl)c1. The van der Waals surface area contributed by atoms with E-state index in [2.05, 4.69) is 17.2 Å². The Kier molecular flexibility index (Phi) is 3.87. The Bertz CT molecular complexity index is 730. The Morgan fingerprint density at radius 2 is 2.23 bits per heavy atom. The molecule has 1 aromatic heterocycles. The van der Waals surface area contributed by atoms with Crippen LogP contribution >= 0.6 is 11.6 Å². The molecule has 0 bridgehead atoms. The van der Waals surface area contributed by atoms with Crippen molar-refractivity contribution in [3.63, 3.8) is 0 Å². The summed E-state index contributed by atoms with van der Waals surface area (Å²) in [5, 5.41) is 8.01. The van der Waals surface area contributed by atoms with Crippen molar-refractivity contribution < 1.29 is 9.18 Å². The van der Waals surface area contributed by atoms with Gasteiger partial charge in [0.2, 0.25) is 0 Å². The summed E-state index contributed by atoms with van der Waals surface area (Å²) in [4.78, 5) is 14.3. The summed E-state index contributed by atoms with van der Waals surface area (Å²) in [6, 6.07) is 4.28. The van der Waals surface area contributed by atoms with Crippen LogP contribution in [0.1, 0.15) is 29.5 Å². The average Bonchev–Trinajstić information content (AvgIpc) is 3.08. The lowest BCUT2D eigenvalue weighted by Gasteiger charge is -2.14. The van der Waals surface area contributed by atoms with Gasteiger partial charge in [-0.3, -0.25) is 4.79 Å². The fraction of sp³-hybridized carbons (Fsp3) is 0.400. The van der Waals surface area contributed by atoms with Gasteiger partial charge < -0.3 is 4.90 Å². The van der Waals surface area contributed by atoms with Crippen molar-refractivity contribution in [2.75, 3.05) is 13.1 Å². The van der Waals surface area contributed by atoms with Gasteiger partial charge in [-0.1, -0.05) is 23.7 Å². The van der Waals surface area contributed by atoms with Crippen LogP contribution < -0.4 is 0 Å². The molecule has 0 aliphatic carbocycles. The fourth-order valence-electron chi connectivity index (χ4n) is 2.66. The van der Waals surface area contributed by atoms with Gasteiger partial charge in [-0.05, 0) is 37.5 Å². The molecule has 116 valence electrons. The molecular formula is C15H16ClFN4O. The molecular weight excluding hydrogens is 307 g/mol. The molecule has 2 heterocycles. The first-order valence-corrected chi connectivity index (χ1v) is 7.52. The summed E-state index contributed by atoms with van der Waals surface area (Å²) in [6.07, 6.45) is 1.01. The second-order valence-electron chi connectivity index (χ2n) is 5.68. The van der Waals surface area contributed by atoms with Crippen LogP contribution in [-0.2, 0) is 0 Å². The summed E-state index contributed by atoms with van der Waals surface area (Å²) < 4.78 is 14.7. The minimum absolute atomic E-state index is 0.00800. The normalized spacial score (nSPS) is 18.0. The molecule has 7 heteroatoms.